The van der Waals surface area contributed by atoms with Gasteiger partial charge >= 0.3 is 0 Å². The van der Waals surface area contributed by atoms with Crippen LogP contribution < -0.4 is 16.4 Å². The Bertz CT molecular complexity index is 210. The van der Waals surface area contributed by atoms with E-state index in [-0.39, 0.29) is 18.0 Å². The Balaban J connectivity index is 3.91. The second-order valence-corrected chi connectivity index (χ2v) is 3.15. The first-order valence-corrected chi connectivity index (χ1v) is 4.83. The first-order valence-electron chi connectivity index (χ1n) is 4.83. The zero-order chi connectivity index (χ0) is 11.0. The molecule has 0 aromatic rings. The molecule has 0 bridgehead atoms. The minimum Gasteiger partial charge on any atom is -0.356 e. The highest BCUT2D eigenvalue weighted by Gasteiger charge is 2.12. The van der Waals surface area contributed by atoms with Crippen LogP contribution in [0, 0.1) is 12.3 Å². The minimum atomic E-state index is -0.0574. The minimum absolute atomic E-state index is 0.000304. The van der Waals surface area contributed by atoms with E-state index in [1.54, 1.807) is 0 Å². The van der Waals surface area contributed by atoms with E-state index in [9.17, 15) is 4.79 Å². The van der Waals surface area contributed by atoms with Gasteiger partial charge in [-0.3, -0.25) is 10.1 Å². The van der Waals surface area contributed by atoms with Gasteiger partial charge in [0.05, 0.1) is 6.04 Å². The molecule has 14 heavy (non-hydrogen) atoms. The van der Waals surface area contributed by atoms with E-state index in [1.165, 1.54) is 0 Å². The van der Waals surface area contributed by atoms with E-state index in [0.29, 0.717) is 19.5 Å². The summed E-state index contributed by atoms with van der Waals surface area (Å²) in [5.41, 5.74) is 5.51. The Hall–Kier alpha value is -1.05. The number of rotatable bonds is 6. The van der Waals surface area contributed by atoms with Gasteiger partial charge < -0.3 is 11.1 Å². The smallest absolute Gasteiger partial charge is 0.221 e. The summed E-state index contributed by atoms with van der Waals surface area (Å²) >= 11 is 0. The van der Waals surface area contributed by atoms with Gasteiger partial charge in [0.1, 0.15) is 0 Å². The number of nitrogens with one attached hydrogen (secondary N) is 2. The molecular formula is C10H19N3O. The summed E-state index contributed by atoms with van der Waals surface area (Å²) in [6.07, 6.45) is 5.58. The van der Waals surface area contributed by atoms with Crippen LogP contribution in [-0.4, -0.2) is 31.1 Å². The largest absolute Gasteiger partial charge is 0.356 e. The first-order chi connectivity index (χ1) is 6.63. The molecule has 0 radical (unpaired) electrons. The summed E-state index contributed by atoms with van der Waals surface area (Å²) in [6.45, 7) is 4.79. The van der Waals surface area contributed by atoms with Gasteiger partial charge in [0.15, 0.2) is 0 Å². The number of hydrogen-bond acceptors (Lipinski definition) is 3. The summed E-state index contributed by atoms with van der Waals surface area (Å²) in [4.78, 5) is 11.2. The lowest BCUT2D eigenvalue weighted by Crippen LogP contribution is -2.44. The van der Waals surface area contributed by atoms with Crippen molar-refractivity contribution in [3.05, 3.63) is 0 Å². The summed E-state index contributed by atoms with van der Waals surface area (Å²) < 4.78 is 0. The molecule has 4 N–H and O–H groups in total. The number of nitrogens with two attached hydrogens (primary N) is 1. The van der Waals surface area contributed by atoms with Gasteiger partial charge in [-0.2, -0.15) is 0 Å². The van der Waals surface area contributed by atoms with Crippen LogP contribution in [0.1, 0.15) is 20.3 Å². The molecule has 80 valence electrons. The summed E-state index contributed by atoms with van der Waals surface area (Å²) in [7, 11) is 0. The molecule has 4 nitrogen and oxygen atoms in total. The quantitative estimate of drug-likeness (QED) is 0.501. The number of carbonyl (C=O) groups is 1. The molecule has 0 spiro atoms. The third-order valence-electron chi connectivity index (χ3n) is 1.83. The molecule has 2 atom stereocenters. The lowest BCUT2D eigenvalue weighted by molar-refractivity contribution is -0.121. The molecule has 0 fully saturated rings. The molecule has 1 amide bonds. The monoisotopic (exact) mass is 197 g/mol. The van der Waals surface area contributed by atoms with Crippen molar-refractivity contribution in [3.63, 3.8) is 0 Å². The van der Waals surface area contributed by atoms with Crippen LogP contribution in [-0.2, 0) is 4.79 Å². The predicted octanol–water partition coefficient (Wildman–Crippen LogP) is -0.549. The zero-order valence-electron chi connectivity index (χ0n) is 8.84. The second kappa shape index (κ2) is 7.36. The van der Waals surface area contributed by atoms with Gasteiger partial charge in [0.2, 0.25) is 5.91 Å². The highest BCUT2D eigenvalue weighted by atomic mass is 16.1. The number of carbonyl (C=O) groups excluding carboxylic acids is 1. The Labute approximate surface area is 85.6 Å². The van der Waals surface area contributed by atoms with Gasteiger partial charge in [0, 0.05) is 25.6 Å². The Morgan fingerprint density at radius 3 is 2.71 bits per heavy atom. The van der Waals surface area contributed by atoms with Gasteiger partial charge in [-0.05, 0) is 13.8 Å². The normalized spacial score (nSPS) is 14.1. The summed E-state index contributed by atoms with van der Waals surface area (Å²) in [6, 6.07) is -0.106. The van der Waals surface area contributed by atoms with Crippen molar-refractivity contribution in [2.24, 2.45) is 5.73 Å². The highest BCUT2D eigenvalue weighted by molar-refractivity contribution is 5.76. The van der Waals surface area contributed by atoms with Crippen LogP contribution in [0.3, 0.4) is 0 Å². The number of hydrogen-bond donors (Lipinski definition) is 3. The van der Waals surface area contributed by atoms with Crippen molar-refractivity contribution in [2.75, 3.05) is 13.1 Å². The van der Waals surface area contributed by atoms with Gasteiger partial charge in [-0.15, -0.1) is 6.42 Å². The second-order valence-electron chi connectivity index (χ2n) is 3.15. The fourth-order valence-corrected chi connectivity index (χ4v) is 1.11. The zero-order valence-corrected chi connectivity index (χ0v) is 8.84. The first kappa shape index (κ1) is 12.9. The molecule has 0 heterocycles. The predicted molar refractivity (Wildman–Crippen MR) is 57.6 cm³/mol. The topological polar surface area (TPSA) is 67.1 Å². The third kappa shape index (κ3) is 5.57. The fraction of sp³-hybridized carbons (Fsp3) is 0.700. The molecule has 0 aromatic carbocycles. The molecule has 0 aliphatic rings. The van der Waals surface area contributed by atoms with Crippen molar-refractivity contribution in [1.82, 2.24) is 10.6 Å². The van der Waals surface area contributed by atoms with E-state index in [1.807, 2.05) is 13.8 Å². The van der Waals surface area contributed by atoms with Crippen LogP contribution in [0.4, 0.5) is 0 Å². The van der Waals surface area contributed by atoms with E-state index in [4.69, 9.17) is 12.2 Å². The lowest BCUT2D eigenvalue weighted by Gasteiger charge is -2.18. The molecule has 0 aromatic heterocycles. The van der Waals surface area contributed by atoms with Crippen LogP contribution in [0.2, 0.25) is 0 Å². The number of terminal acetylenes is 1. The summed E-state index contributed by atoms with van der Waals surface area (Å²) in [5, 5.41) is 5.80. The molecule has 4 heteroatoms. The molecular weight excluding hydrogens is 178 g/mol. The fourth-order valence-electron chi connectivity index (χ4n) is 1.11. The van der Waals surface area contributed by atoms with Crippen LogP contribution in [0.25, 0.3) is 0 Å². The Morgan fingerprint density at radius 1 is 1.64 bits per heavy atom. The van der Waals surface area contributed by atoms with Crippen molar-refractivity contribution in [3.8, 4) is 12.3 Å². The average molecular weight is 197 g/mol. The maximum atomic E-state index is 11.2. The van der Waals surface area contributed by atoms with Crippen molar-refractivity contribution in [2.45, 2.75) is 32.4 Å². The van der Waals surface area contributed by atoms with E-state index < -0.39 is 0 Å². The maximum Gasteiger partial charge on any atom is 0.221 e. The molecule has 0 aliphatic heterocycles. The van der Waals surface area contributed by atoms with Crippen LogP contribution >= 0.6 is 0 Å². The van der Waals surface area contributed by atoms with E-state index in [0.717, 1.165) is 0 Å². The average Bonchev–Trinajstić information content (AvgIpc) is 2.16. The number of amides is 1. The van der Waals surface area contributed by atoms with Crippen molar-refractivity contribution >= 4 is 5.91 Å². The van der Waals surface area contributed by atoms with Crippen LogP contribution in [0.15, 0.2) is 0 Å². The SMILES string of the molecule is C#CC(C)NC(CN)CC(=O)NCC. The van der Waals surface area contributed by atoms with Gasteiger partial charge in [-0.1, -0.05) is 5.92 Å². The molecule has 0 saturated heterocycles. The van der Waals surface area contributed by atoms with Crippen molar-refractivity contribution < 1.29 is 4.79 Å². The molecule has 0 rings (SSSR count). The van der Waals surface area contributed by atoms with Gasteiger partial charge in [0.25, 0.3) is 0 Å². The Kier molecular flexibility index (Phi) is 6.81. The lowest BCUT2D eigenvalue weighted by atomic mass is 10.1. The summed E-state index contributed by atoms with van der Waals surface area (Å²) in [5.74, 6) is 2.54. The van der Waals surface area contributed by atoms with Crippen molar-refractivity contribution in [1.29, 1.82) is 0 Å². The Morgan fingerprint density at radius 2 is 2.29 bits per heavy atom. The van der Waals surface area contributed by atoms with E-state index >= 15 is 0 Å². The van der Waals surface area contributed by atoms with E-state index in [2.05, 4.69) is 16.6 Å². The maximum absolute atomic E-state index is 11.2. The van der Waals surface area contributed by atoms with Gasteiger partial charge in [-0.25, -0.2) is 0 Å². The molecule has 0 aliphatic carbocycles. The third-order valence-corrected chi connectivity index (χ3v) is 1.83. The highest BCUT2D eigenvalue weighted by Crippen LogP contribution is 1.92. The molecule has 2 unspecified atom stereocenters. The standard InChI is InChI=1S/C10H19N3O/c1-4-8(3)13-9(7-11)6-10(14)12-5-2/h1,8-9,13H,5-7,11H2,2-3H3,(H,12,14). The van der Waals surface area contributed by atoms with Crippen LogP contribution in [0.5, 0.6) is 0 Å². The molecule has 0 saturated carbocycles.